The van der Waals surface area contributed by atoms with Crippen LogP contribution in [-0.2, 0) is 23.7 Å². The number of nitrogens with zero attached hydrogens (tertiary/aromatic N) is 1. The summed E-state index contributed by atoms with van der Waals surface area (Å²) in [6.07, 6.45) is 0. The predicted molar refractivity (Wildman–Crippen MR) is 73.7 cm³/mol. The monoisotopic (exact) mass is 279 g/mol. The van der Waals surface area contributed by atoms with Crippen molar-refractivity contribution in [2.75, 3.05) is 87.2 Å². The molecular weight excluding hydrogens is 250 g/mol. The lowest BCUT2D eigenvalue weighted by molar-refractivity contribution is 0.0323. The Hall–Kier alpha value is -0.240. The molecule has 0 aromatic rings. The molecule has 0 N–H and O–H groups in total. The van der Waals surface area contributed by atoms with Crippen LogP contribution in [0.15, 0.2) is 0 Å². The number of hydrogen-bond donors (Lipinski definition) is 0. The Bertz CT molecular complexity index is 157. The van der Waals surface area contributed by atoms with Gasteiger partial charge in [0.15, 0.2) is 0 Å². The van der Waals surface area contributed by atoms with E-state index in [2.05, 4.69) is 4.90 Å². The van der Waals surface area contributed by atoms with Crippen LogP contribution in [0, 0.1) is 0 Å². The highest BCUT2D eigenvalue weighted by Crippen LogP contribution is 1.91. The smallest absolute Gasteiger partial charge is 0.0700 e. The molecule has 0 rings (SSSR count). The van der Waals surface area contributed by atoms with Gasteiger partial charge in [0.2, 0.25) is 0 Å². The molecule has 0 heterocycles. The third kappa shape index (κ3) is 14.0. The van der Waals surface area contributed by atoms with Gasteiger partial charge in [0.05, 0.1) is 46.2 Å². The molecular formula is C13H29NO5. The highest BCUT2D eigenvalue weighted by Gasteiger charge is 2.04. The van der Waals surface area contributed by atoms with E-state index in [9.17, 15) is 0 Å². The number of rotatable bonds is 15. The van der Waals surface area contributed by atoms with Crippen molar-refractivity contribution in [3.63, 3.8) is 0 Å². The standard InChI is InChI=1S/C13H29NO5/c1-15-7-4-14(5-8-18-12-10-16-2)6-9-19-13-11-17-3/h4-13H2,1-3H3. The van der Waals surface area contributed by atoms with Crippen LogP contribution in [0.25, 0.3) is 0 Å². The van der Waals surface area contributed by atoms with E-state index in [-0.39, 0.29) is 0 Å². The van der Waals surface area contributed by atoms with Gasteiger partial charge in [-0.15, -0.1) is 0 Å². The highest BCUT2D eigenvalue weighted by atomic mass is 16.5. The van der Waals surface area contributed by atoms with Crippen LogP contribution in [0.2, 0.25) is 0 Å². The molecule has 0 bridgehead atoms. The minimum Gasteiger partial charge on any atom is -0.383 e. The maximum atomic E-state index is 5.46. The molecule has 0 aromatic carbocycles. The second-order valence-corrected chi connectivity index (χ2v) is 4.04. The zero-order chi connectivity index (χ0) is 14.2. The summed E-state index contributed by atoms with van der Waals surface area (Å²) in [5.41, 5.74) is 0. The van der Waals surface area contributed by atoms with Crippen LogP contribution in [-0.4, -0.2) is 92.1 Å². The largest absolute Gasteiger partial charge is 0.383 e. The minimum absolute atomic E-state index is 0.637. The molecule has 0 spiro atoms. The first-order chi connectivity index (χ1) is 9.35. The SMILES string of the molecule is COCCOCCN(CCOC)CCOCCOC. The Labute approximate surface area is 116 Å². The van der Waals surface area contributed by atoms with Crippen molar-refractivity contribution in [2.45, 2.75) is 0 Å². The fraction of sp³-hybridized carbons (Fsp3) is 1.00. The third-order valence-electron chi connectivity index (χ3n) is 2.58. The van der Waals surface area contributed by atoms with E-state index in [4.69, 9.17) is 23.7 Å². The molecule has 0 aliphatic carbocycles. The lowest BCUT2D eigenvalue weighted by Crippen LogP contribution is -2.34. The number of ether oxygens (including phenoxy) is 5. The summed E-state index contributed by atoms with van der Waals surface area (Å²) >= 11 is 0. The first-order valence-electron chi connectivity index (χ1n) is 6.69. The Morgan fingerprint density at radius 1 is 0.526 bits per heavy atom. The van der Waals surface area contributed by atoms with E-state index in [1.165, 1.54) is 0 Å². The molecule has 0 saturated heterocycles. The average molecular weight is 279 g/mol. The molecule has 0 fully saturated rings. The summed E-state index contributed by atoms with van der Waals surface area (Å²) < 4.78 is 25.9. The Kier molecular flexibility index (Phi) is 15.6. The summed E-state index contributed by atoms with van der Waals surface area (Å²) in [6.45, 7) is 7.31. The van der Waals surface area contributed by atoms with E-state index in [1.54, 1.807) is 21.3 Å². The molecule has 6 nitrogen and oxygen atoms in total. The van der Waals surface area contributed by atoms with Crippen LogP contribution < -0.4 is 0 Å². The van der Waals surface area contributed by atoms with Crippen LogP contribution in [0.4, 0.5) is 0 Å². The fourth-order valence-electron chi connectivity index (χ4n) is 1.43. The van der Waals surface area contributed by atoms with Crippen molar-refractivity contribution >= 4 is 0 Å². The lowest BCUT2D eigenvalue weighted by atomic mass is 10.4. The van der Waals surface area contributed by atoms with Crippen molar-refractivity contribution in [3.8, 4) is 0 Å². The third-order valence-corrected chi connectivity index (χ3v) is 2.58. The molecule has 0 saturated carbocycles. The summed E-state index contributed by atoms with van der Waals surface area (Å²) in [7, 11) is 5.06. The highest BCUT2D eigenvalue weighted by molar-refractivity contribution is 4.56. The van der Waals surface area contributed by atoms with Crippen molar-refractivity contribution in [3.05, 3.63) is 0 Å². The first kappa shape index (κ1) is 18.8. The topological polar surface area (TPSA) is 49.4 Å². The van der Waals surface area contributed by atoms with Crippen molar-refractivity contribution in [2.24, 2.45) is 0 Å². The molecule has 0 aromatic heterocycles. The second-order valence-electron chi connectivity index (χ2n) is 4.04. The van der Waals surface area contributed by atoms with Gasteiger partial charge in [-0.05, 0) is 0 Å². The molecule has 0 aliphatic heterocycles. The summed E-state index contributed by atoms with van der Waals surface area (Å²) in [6, 6.07) is 0. The minimum atomic E-state index is 0.637. The average Bonchev–Trinajstić information content (AvgIpc) is 2.43. The number of methoxy groups -OCH3 is 3. The Balaban J connectivity index is 3.57. The molecule has 0 unspecified atom stereocenters. The summed E-state index contributed by atoms with van der Waals surface area (Å²) in [5.74, 6) is 0. The quantitative estimate of drug-likeness (QED) is 0.401. The zero-order valence-corrected chi connectivity index (χ0v) is 12.6. The summed E-state index contributed by atoms with van der Waals surface area (Å²) in [4.78, 5) is 2.27. The maximum absolute atomic E-state index is 5.46. The van der Waals surface area contributed by atoms with E-state index in [1.807, 2.05) is 0 Å². The molecule has 0 aliphatic rings. The van der Waals surface area contributed by atoms with Crippen molar-refractivity contribution < 1.29 is 23.7 Å². The maximum Gasteiger partial charge on any atom is 0.0700 e. The van der Waals surface area contributed by atoms with E-state index in [0.717, 1.165) is 26.2 Å². The van der Waals surface area contributed by atoms with Gasteiger partial charge < -0.3 is 23.7 Å². The van der Waals surface area contributed by atoms with Gasteiger partial charge in [0, 0.05) is 41.0 Å². The fourth-order valence-corrected chi connectivity index (χ4v) is 1.43. The van der Waals surface area contributed by atoms with Crippen LogP contribution in [0.1, 0.15) is 0 Å². The Morgan fingerprint density at radius 3 is 1.37 bits per heavy atom. The summed E-state index contributed by atoms with van der Waals surface area (Å²) in [5, 5.41) is 0. The molecule has 0 amide bonds. The Morgan fingerprint density at radius 2 is 0.947 bits per heavy atom. The van der Waals surface area contributed by atoms with Gasteiger partial charge in [-0.2, -0.15) is 0 Å². The number of hydrogen-bond acceptors (Lipinski definition) is 6. The lowest BCUT2D eigenvalue weighted by Gasteiger charge is -2.21. The second kappa shape index (κ2) is 15.8. The van der Waals surface area contributed by atoms with Crippen LogP contribution >= 0.6 is 0 Å². The van der Waals surface area contributed by atoms with Crippen molar-refractivity contribution in [1.29, 1.82) is 0 Å². The van der Waals surface area contributed by atoms with Gasteiger partial charge in [-0.1, -0.05) is 0 Å². The molecule has 0 atom stereocenters. The van der Waals surface area contributed by atoms with Gasteiger partial charge >= 0.3 is 0 Å². The van der Waals surface area contributed by atoms with Crippen LogP contribution in [0.5, 0.6) is 0 Å². The zero-order valence-electron chi connectivity index (χ0n) is 12.6. The normalized spacial score (nSPS) is 11.4. The first-order valence-corrected chi connectivity index (χ1v) is 6.69. The molecule has 0 radical (unpaired) electrons. The molecule has 6 heteroatoms. The van der Waals surface area contributed by atoms with Gasteiger partial charge in [0.1, 0.15) is 0 Å². The van der Waals surface area contributed by atoms with E-state index >= 15 is 0 Å². The van der Waals surface area contributed by atoms with E-state index < -0.39 is 0 Å². The molecule has 116 valence electrons. The van der Waals surface area contributed by atoms with Gasteiger partial charge in [0.25, 0.3) is 0 Å². The van der Waals surface area contributed by atoms with Crippen molar-refractivity contribution in [1.82, 2.24) is 4.90 Å². The van der Waals surface area contributed by atoms with Crippen LogP contribution in [0.3, 0.4) is 0 Å². The van der Waals surface area contributed by atoms with E-state index in [0.29, 0.717) is 39.6 Å². The molecule has 19 heavy (non-hydrogen) atoms. The van der Waals surface area contributed by atoms with Gasteiger partial charge in [-0.25, -0.2) is 0 Å². The van der Waals surface area contributed by atoms with Gasteiger partial charge in [-0.3, -0.25) is 4.90 Å². The predicted octanol–water partition coefficient (Wildman–Crippen LogP) is 0.261.